The van der Waals surface area contributed by atoms with Crippen LogP contribution >= 0.6 is 0 Å². The molecule has 1 amide bonds. The number of benzene rings is 1. The van der Waals surface area contributed by atoms with E-state index in [1.807, 2.05) is 19.1 Å². The van der Waals surface area contributed by atoms with E-state index in [2.05, 4.69) is 9.47 Å². The molecule has 0 aliphatic carbocycles. The molecule has 0 spiro atoms. The fourth-order valence-corrected chi connectivity index (χ4v) is 1.62. The molecular formula is C14H17NO5. The Labute approximate surface area is 117 Å². The molecule has 0 N–H and O–H groups in total. The van der Waals surface area contributed by atoms with Gasteiger partial charge in [-0.15, -0.1) is 0 Å². The van der Waals surface area contributed by atoms with Crippen LogP contribution in [0.5, 0.6) is 0 Å². The summed E-state index contributed by atoms with van der Waals surface area (Å²) in [5.41, 5.74) is 1.60. The number of anilines is 1. The van der Waals surface area contributed by atoms with Gasteiger partial charge in [0.1, 0.15) is 0 Å². The van der Waals surface area contributed by atoms with Crippen molar-refractivity contribution in [3.05, 3.63) is 29.8 Å². The third kappa shape index (κ3) is 3.34. The topological polar surface area (TPSA) is 72.9 Å². The number of rotatable bonds is 4. The maximum atomic E-state index is 12.3. The highest BCUT2D eigenvalue weighted by Gasteiger charge is 2.38. The Bertz CT molecular complexity index is 493. The van der Waals surface area contributed by atoms with Crippen molar-refractivity contribution in [2.24, 2.45) is 5.92 Å². The van der Waals surface area contributed by atoms with Gasteiger partial charge in [0.05, 0.1) is 14.2 Å². The quantitative estimate of drug-likeness (QED) is 0.605. The molecule has 0 bridgehead atoms. The molecule has 0 fully saturated rings. The van der Waals surface area contributed by atoms with Crippen molar-refractivity contribution in [3.8, 4) is 0 Å². The Balaban J connectivity index is 3.02. The molecule has 1 rings (SSSR count). The second-order valence-electron chi connectivity index (χ2n) is 4.21. The zero-order valence-corrected chi connectivity index (χ0v) is 11.9. The standard InChI is InChI=1S/C14H17NO5/c1-9-5-7-10(8-6-9)15(2)12(16)11(13(17)19-3)14(18)20-4/h5-8,11H,1-4H3. The van der Waals surface area contributed by atoms with Crippen LogP contribution in [-0.2, 0) is 23.9 Å². The molecule has 6 nitrogen and oxygen atoms in total. The first-order valence-corrected chi connectivity index (χ1v) is 5.92. The van der Waals surface area contributed by atoms with E-state index in [0.29, 0.717) is 5.69 Å². The summed E-state index contributed by atoms with van der Waals surface area (Å²) in [6.45, 7) is 1.91. The smallest absolute Gasteiger partial charge is 0.329 e. The Morgan fingerprint density at radius 1 is 1.00 bits per heavy atom. The lowest BCUT2D eigenvalue weighted by molar-refractivity contribution is -0.161. The molecule has 0 atom stereocenters. The molecular weight excluding hydrogens is 262 g/mol. The monoisotopic (exact) mass is 279 g/mol. The van der Waals surface area contributed by atoms with Gasteiger partial charge in [0.25, 0.3) is 5.91 Å². The van der Waals surface area contributed by atoms with Crippen LogP contribution in [0.15, 0.2) is 24.3 Å². The lowest BCUT2D eigenvalue weighted by atomic mass is 10.1. The largest absolute Gasteiger partial charge is 0.468 e. The Morgan fingerprint density at radius 2 is 1.45 bits per heavy atom. The molecule has 0 aliphatic rings. The number of carbonyl (C=O) groups excluding carboxylic acids is 3. The summed E-state index contributed by atoms with van der Waals surface area (Å²) < 4.78 is 8.95. The Hall–Kier alpha value is -2.37. The summed E-state index contributed by atoms with van der Waals surface area (Å²) in [7, 11) is 3.70. The third-order valence-electron chi connectivity index (χ3n) is 2.87. The number of nitrogens with zero attached hydrogens (tertiary/aromatic N) is 1. The minimum absolute atomic E-state index is 0.568. The van der Waals surface area contributed by atoms with E-state index >= 15 is 0 Å². The number of esters is 2. The van der Waals surface area contributed by atoms with Crippen LogP contribution in [0.25, 0.3) is 0 Å². The number of methoxy groups -OCH3 is 2. The van der Waals surface area contributed by atoms with E-state index in [1.165, 1.54) is 11.9 Å². The normalized spacial score (nSPS) is 10.1. The van der Waals surface area contributed by atoms with Crippen molar-refractivity contribution in [2.75, 3.05) is 26.2 Å². The minimum Gasteiger partial charge on any atom is -0.468 e. The van der Waals surface area contributed by atoms with Crippen molar-refractivity contribution in [1.29, 1.82) is 0 Å². The van der Waals surface area contributed by atoms with Crippen LogP contribution in [0.3, 0.4) is 0 Å². The molecule has 0 unspecified atom stereocenters. The van der Waals surface area contributed by atoms with Crippen molar-refractivity contribution >= 4 is 23.5 Å². The van der Waals surface area contributed by atoms with Gasteiger partial charge in [0.15, 0.2) is 0 Å². The molecule has 0 saturated heterocycles. The maximum absolute atomic E-state index is 12.3. The third-order valence-corrected chi connectivity index (χ3v) is 2.87. The summed E-state index contributed by atoms with van der Waals surface area (Å²) in [6, 6.07) is 7.09. The summed E-state index contributed by atoms with van der Waals surface area (Å²) in [6.07, 6.45) is 0. The van der Waals surface area contributed by atoms with Gasteiger partial charge in [0.2, 0.25) is 5.92 Å². The van der Waals surface area contributed by atoms with Gasteiger partial charge in [-0.05, 0) is 19.1 Å². The predicted molar refractivity (Wildman–Crippen MR) is 72.1 cm³/mol. The number of hydrogen-bond acceptors (Lipinski definition) is 5. The molecule has 0 heterocycles. The van der Waals surface area contributed by atoms with Crippen molar-refractivity contribution in [2.45, 2.75) is 6.92 Å². The number of ether oxygens (including phenoxy) is 2. The molecule has 0 aromatic heterocycles. The van der Waals surface area contributed by atoms with Crippen LogP contribution < -0.4 is 4.90 Å². The average Bonchev–Trinajstić information content (AvgIpc) is 2.46. The summed E-state index contributed by atoms with van der Waals surface area (Å²) in [4.78, 5) is 36.6. The van der Waals surface area contributed by atoms with E-state index < -0.39 is 23.8 Å². The summed E-state index contributed by atoms with van der Waals surface area (Å²) in [5.74, 6) is -4.20. The minimum atomic E-state index is -1.61. The van der Waals surface area contributed by atoms with E-state index in [9.17, 15) is 14.4 Å². The van der Waals surface area contributed by atoms with Crippen LogP contribution in [0.1, 0.15) is 5.56 Å². The average molecular weight is 279 g/mol. The number of hydrogen-bond donors (Lipinski definition) is 0. The highest BCUT2D eigenvalue weighted by Crippen LogP contribution is 2.17. The maximum Gasteiger partial charge on any atom is 0.329 e. The highest BCUT2D eigenvalue weighted by molar-refractivity contribution is 6.18. The van der Waals surface area contributed by atoms with Crippen LogP contribution in [0, 0.1) is 12.8 Å². The predicted octanol–water partition coefficient (Wildman–Crippen LogP) is 0.920. The molecule has 0 saturated carbocycles. The molecule has 0 aliphatic heterocycles. The van der Waals surface area contributed by atoms with Gasteiger partial charge in [-0.1, -0.05) is 17.7 Å². The zero-order chi connectivity index (χ0) is 15.3. The number of carbonyl (C=O) groups is 3. The molecule has 6 heteroatoms. The van der Waals surface area contributed by atoms with Gasteiger partial charge in [0, 0.05) is 12.7 Å². The van der Waals surface area contributed by atoms with Gasteiger partial charge in [-0.2, -0.15) is 0 Å². The Morgan fingerprint density at radius 3 is 1.85 bits per heavy atom. The highest BCUT2D eigenvalue weighted by atomic mass is 16.5. The van der Waals surface area contributed by atoms with Gasteiger partial charge >= 0.3 is 11.9 Å². The Kier molecular flexibility index (Phi) is 5.25. The first-order chi connectivity index (χ1) is 9.42. The molecule has 20 heavy (non-hydrogen) atoms. The molecule has 1 aromatic rings. The van der Waals surface area contributed by atoms with Crippen LogP contribution in [0.2, 0.25) is 0 Å². The molecule has 1 aromatic carbocycles. The molecule has 0 radical (unpaired) electrons. The summed E-state index contributed by atoms with van der Waals surface area (Å²) in [5, 5.41) is 0. The lowest BCUT2D eigenvalue weighted by Crippen LogP contribution is -2.42. The second-order valence-corrected chi connectivity index (χ2v) is 4.21. The number of aryl methyl sites for hydroxylation is 1. The van der Waals surface area contributed by atoms with Crippen LogP contribution in [-0.4, -0.2) is 39.1 Å². The van der Waals surface area contributed by atoms with E-state index in [0.717, 1.165) is 19.8 Å². The first kappa shape index (κ1) is 15.7. The first-order valence-electron chi connectivity index (χ1n) is 5.92. The SMILES string of the molecule is COC(=O)C(C(=O)OC)C(=O)N(C)c1ccc(C)cc1. The summed E-state index contributed by atoms with van der Waals surface area (Å²) >= 11 is 0. The number of amides is 1. The fraction of sp³-hybridized carbons (Fsp3) is 0.357. The zero-order valence-electron chi connectivity index (χ0n) is 11.9. The fourth-order valence-electron chi connectivity index (χ4n) is 1.62. The van der Waals surface area contributed by atoms with Crippen molar-refractivity contribution in [3.63, 3.8) is 0 Å². The van der Waals surface area contributed by atoms with Crippen LogP contribution in [0.4, 0.5) is 5.69 Å². The van der Waals surface area contributed by atoms with Gasteiger partial charge in [-0.3, -0.25) is 14.4 Å². The van der Waals surface area contributed by atoms with E-state index in [4.69, 9.17) is 0 Å². The lowest BCUT2D eigenvalue weighted by Gasteiger charge is -2.21. The van der Waals surface area contributed by atoms with E-state index in [1.54, 1.807) is 12.1 Å². The van der Waals surface area contributed by atoms with E-state index in [-0.39, 0.29) is 0 Å². The second kappa shape index (κ2) is 6.70. The van der Waals surface area contributed by atoms with Crippen molar-refractivity contribution in [1.82, 2.24) is 0 Å². The molecule has 108 valence electrons. The van der Waals surface area contributed by atoms with Gasteiger partial charge in [-0.25, -0.2) is 0 Å². The van der Waals surface area contributed by atoms with Gasteiger partial charge < -0.3 is 14.4 Å². The van der Waals surface area contributed by atoms with Crippen molar-refractivity contribution < 1.29 is 23.9 Å².